The lowest BCUT2D eigenvalue weighted by atomic mass is 9.31. The van der Waals surface area contributed by atoms with Crippen LogP contribution in [0.5, 0.6) is 0 Å². The van der Waals surface area contributed by atoms with Gasteiger partial charge in [0.05, 0.1) is 0 Å². The first-order chi connectivity index (χ1) is 29.8. The molecular weight excluding hydrogens is 734 g/mol. The average molecular weight is 766 g/mol. The van der Waals surface area contributed by atoms with Crippen LogP contribution in [-0.4, -0.2) is 33.4 Å². The summed E-state index contributed by atoms with van der Waals surface area (Å²) < 4.78 is 0. The van der Waals surface area contributed by atoms with Gasteiger partial charge >= 0.3 is 0 Å². The lowest BCUT2D eigenvalue weighted by Gasteiger charge is -2.45. The van der Waals surface area contributed by atoms with Crippen LogP contribution in [0.2, 0.25) is 0 Å². The highest BCUT2D eigenvalue weighted by molar-refractivity contribution is 7.03. The van der Waals surface area contributed by atoms with Crippen molar-refractivity contribution in [2.24, 2.45) is 0 Å². The molecule has 0 atom stereocenters. The van der Waals surface area contributed by atoms with Crippen molar-refractivity contribution in [2.75, 3.05) is 19.6 Å². The molecule has 8 heterocycles. The molecule has 0 spiro atoms. The quantitative estimate of drug-likeness (QED) is 0.172. The Hall–Kier alpha value is -7.97. The van der Waals surface area contributed by atoms with Crippen molar-refractivity contribution in [1.82, 2.24) is 19.9 Å². The summed E-state index contributed by atoms with van der Waals surface area (Å²) >= 11 is 0. The second kappa shape index (κ2) is 12.8. The van der Waals surface area contributed by atoms with E-state index >= 15 is 0 Å². The van der Waals surface area contributed by atoms with Gasteiger partial charge in [-0.05, 0) is 106 Å². The van der Waals surface area contributed by atoms with Gasteiger partial charge in [0.15, 0.2) is 0 Å². The monoisotopic (exact) mass is 766 g/mol. The third-order valence-corrected chi connectivity index (χ3v) is 12.4. The third kappa shape index (κ3) is 4.58. The average Bonchev–Trinajstić information content (AvgIpc) is 3.32. The maximum atomic E-state index is 5.92. The molecule has 4 aliphatic rings. The van der Waals surface area contributed by atoms with Crippen molar-refractivity contribution in [3.8, 4) is 0 Å². The third-order valence-electron chi connectivity index (χ3n) is 12.4. The van der Waals surface area contributed by atoms with E-state index in [1.807, 2.05) is 24.8 Å². The van der Waals surface area contributed by atoms with Gasteiger partial charge in [-0.1, -0.05) is 97.1 Å². The molecule has 0 amide bonds. The molecule has 0 aliphatic carbocycles. The molecule has 278 valence electrons. The zero-order chi connectivity index (χ0) is 39.3. The molecule has 0 unspecified atom stereocenters. The van der Waals surface area contributed by atoms with E-state index in [9.17, 15) is 0 Å². The number of pyridine rings is 4. The van der Waals surface area contributed by atoms with Crippen molar-refractivity contribution in [1.29, 1.82) is 0 Å². The Morgan fingerprint density at radius 2 is 0.767 bits per heavy atom. The SMILES string of the molecule is c1ccc(N2c3ccccc3B3c4cc5c(nc4N(c4ccccc4)c4nccc2c43)N(c2ccccc2)c2ccnc3c2B5c2cnccc2N3c2ccccc2)cc1. The zero-order valence-corrected chi connectivity index (χ0v) is 32.2. The van der Waals surface area contributed by atoms with Crippen LogP contribution in [0.3, 0.4) is 0 Å². The van der Waals surface area contributed by atoms with Gasteiger partial charge in [0.1, 0.15) is 23.3 Å². The van der Waals surface area contributed by atoms with E-state index in [0.29, 0.717) is 0 Å². The molecule has 60 heavy (non-hydrogen) atoms. The molecule has 0 saturated carbocycles. The summed E-state index contributed by atoms with van der Waals surface area (Å²) in [6.07, 6.45) is 7.80. The van der Waals surface area contributed by atoms with Gasteiger partial charge in [-0.2, -0.15) is 0 Å². The number of hydrogen-bond acceptors (Lipinski definition) is 8. The first kappa shape index (κ1) is 33.0. The van der Waals surface area contributed by atoms with E-state index in [2.05, 4.69) is 189 Å². The normalized spacial score (nSPS) is 13.8. The molecule has 13 rings (SSSR count). The van der Waals surface area contributed by atoms with Crippen LogP contribution in [0, 0.1) is 0 Å². The molecule has 4 aliphatic heterocycles. The highest BCUT2D eigenvalue weighted by Gasteiger charge is 2.49. The maximum absolute atomic E-state index is 5.92. The smallest absolute Gasteiger partial charge is 0.258 e. The standard InChI is InChI=1S/C50H32B2N8/c1-5-15-33(16-6-1)57-41-24-14-13-23-37(41)51-39-31-38-47(56-48(39)60(36-21-11-4-12-22-36)50-45(51)43(57)26-29-55-50)59(35-19-9-3-10-20-35)44-27-30-54-49-46(44)52(38)40-32-53-28-25-42(40)58(49)34-17-7-2-8-18-34/h1-32H. The van der Waals surface area contributed by atoms with Gasteiger partial charge in [0.2, 0.25) is 0 Å². The van der Waals surface area contributed by atoms with Crippen LogP contribution < -0.4 is 52.4 Å². The Kier molecular flexibility index (Phi) is 7.03. The minimum absolute atomic E-state index is 0.148. The number of hydrogen-bond donors (Lipinski definition) is 0. The van der Waals surface area contributed by atoms with E-state index in [4.69, 9.17) is 19.9 Å². The Bertz CT molecular complexity index is 2940. The van der Waals surface area contributed by atoms with Gasteiger partial charge in [0.25, 0.3) is 13.4 Å². The van der Waals surface area contributed by atoms with Crippen LogP contribution >= 0.6 is 0 Å². The van der Waals surface area contributed by atoms with E-state index in [1.165, 1.54) is 5.46 Å². The van der Waals surface area contributed by atoms with Crippen LogP contribution in [0.4, 0.5) is 68.8 Å². The zero-order valence-electron chi connectivity index (χ0n) is 32.2. The summed E-state index contributed by atoms with van der Waals surface area (Å²) in [6, 6.07) is 60.0. The highest BCUT2D eigenvalue weighted by atomic mass is 15.3. The van der Waals surface area contributed by atoms with Crippen molar-refractivity contribution >= 4 is 115 Å². The molecule has 8 nitrogen and oxygen atoms in total. The van der Waals surface area contributed by atoms with Gasteiger partial charge < -0.3 is 4.90 Å². The number of para-hydroxylation sites is 5. The largest absolute Gasteiger partial charge is 0.311 e. The van der Waals surface area contributed by atoms with Crippen molar-refractivity contribution in [3.05, 3.63) is 195 Å². The first-order valence-corrected chi connectivity index (χ1v) is 20.3. The fourth-order valence-electron chi connectivity index (χ4n) is 10.0. The Labute approximate surface area is 347 Å². The molecule has 0 saturated heterocycles. The number of rotatable bonds is 4. The summed E-state index contributed by atoms with van der Waals surface area (Å²) in [5.41, 5.74) is 15.3. The number of fused-ring (bicyclic) bond motifs is 8. The summed E-state index contributed by atoms with van der Waals surface area (Å²) in [7, 11) is 0. The lowest BCUT2D eigenvalue weighted by Crippen LogP contribution is -2.66. The molecule has 10 heteroatoms. The predicted molar refractivity (Wildman–Crippen MR) is 246 cm³/mol. The van der Waals surface area contributed by atoms with Gasteiger partial charge in [-0.3, -0.25) is 19.7 Å². The van der Waals surface area contributed by atoms with E-state index in [0.717, 1.165) is 96.1 Å². The maximum Gasteiger partial charge on any atom is 0.258 e. The summed E-state index contributed by atoms with van der Waals surface area (Å²) in [5, 5.41) is 0. The first-order valence-electron chi connectivity index (χ1n) is 20.3. The van der Waals surface area contributed by atoms with Crippen molar-refractivity contribution in [3.63, 3.8) is 0 Å². The van der Waals surface area contributed by atoms with Crippen molar-refractivity contribution < 1.29 is 0 Å². The number of anilines is 12. The molecule has 5 aromatic carbocycles. The Morgan fingerprint density at radius 3 is 1.38 bits per heavy atom. The second-order valence-electron chi connectivity index (χ2n) is 15.5. The van der Waals surface area contributed by atoms with E-state index in [-0.39, 0.29) is 13.4 Å². The van der Waals surface area contributed by atoms with Gasteiger partial charge in [-0.25, -0.2) is 15.0 Å². The fourth-order valence-corrected chi connectivity index (χ4v) is 10.0. The number of benzene rings is 5. The van der Waals surface area contributed by atoms with Gasteiger partial charge in [-0.15, -0.1) is 0 Å². The van der Waals surface area contributed by atoms with Crippen LogP contribution in [-0.2, 0) is 0 Å². The predicted octanol–water partition coefficient (Wildman–Crippen LogP) is 7.43. The number of nitrogens with zero attached hydrogens (tertiary/aromatic N) is 8. The van der Waals surface area contributed by atoms with Crippen LogP contribution in [0.1, 0.15) is 0 Å². The molecule has 0 fully saturated rings. The van der Waals surface area contributed by atoms with E-state index in [1.54, 1.807) is 0 Å². The molecular formula is C50H32B2N8. The Balaban J connectivity index is 1.14. The van der Waals surface area contributed by atoms with Crippen molar-refractivity contribution in [2.45, 2.75) is 0 Å². The second-order valence-corrected chi connectivity index (χ2v) is 15.5. The summed E-state index contributed by atoms with van der Waals surface area (Å²) in [4.78, 5) is 30.4. The minimum atomic E-state index is -0.195. The molecule has 0 N–H and O–H groups in total. The molecule has 4 aromatic heterocycles. The molecule has 0 bridgehead atoms. The topological polar surface area (TPSA) is 64.5 Å². The Morgan fingerprint density at radius 1 is 0.333 bits per heavy atom. The minimum Gasteiger partial charge on any atom is -0.311 e. The summed E-state index contributed by atoms with van der Waals surface area (Å²) in [6.45, 7) is -0.343. The lowest BCUT2D eigenvalue weighted by molar-refractivity contribution is 1.10. The summed E-state index contributed by atoms with van der Waals surface area (Å²) in [5.74, 6) is 3.50. The number of aromatic nitrogens is 4. The molecule has 9 aromatic rings. The highest BCUT2D eigenvalue weighted by Crippen LogP contribution is 2.46. The van der Waals surface area contributed by atoms with E-state index < -0.39 is 0 Å². The van der Waals surface area contributed by atoms with Crippen LogP contribution in [0.25, 0.3) is 0 Å². The van der Waals surface area contributed by atoms with Gasteiger partial charge in [0, 0.05) is 70.3 Å². The van der Waals surface area contributed by atoms with Crippen LogP contribution in [0.15, 0.2) is 195 Å². The molecule has 0 radical (unpaired) electrons. The fraction of sp³-hybridized carbons (Fsp3) is 0.